The van der Waals surface area contributed by atoms with Crippen LogP contribution < -0.4 is 0 Å². The van der Waals surface area contributed by atoms with Gasteiger partial charge in [-0.3, -0.25) is 0 Å². The van der Waals surface area contributed by atoms with E-state index < -0.39 is 0 Å². The molecule has 3 rings (SSSR count). The molecule has 3 aromatic rings. The first-order chi connectivity index (χ1) is 11.6. The second-order valence-corrected chi connectivity index (χ2v) is 6.93. The van der Waals surface area contributed by atoms with Gasteiger partial charge in [-0.2, -0.15) is 9.64 Å². The van der Waals surface area contributed by atoms with Crippen LogP contribution in [0.25, 0.3) is 11.4 Å². The standard InChI is InChI=1S/C20H19N3S/c1-13-4-6-16(7-5-13)20-22-19(24-23-20)12-18-11-14(2)17(8-9-21)10-15(18)3/h4-7,10-11H,8,12H2,1-3H3. The average molecular weight is 333 g/mol. The van der Waals surface area contributed by atoms with E-state index in [1.165, 1.54) is 33.8 Å². The number of benzene rings is 2. The molecule has 0 unspecified atom stereocenters. The maximum Gasteiger partial charge on any atom is 0.173 e. The topological polar surface area (TPSA) is 49.6 Å². The molecular weight excluding hydrogens is 314 g/mol. The number of hydrogen-bond donors (Lipinski definition) is 0. The van der Waals surface area contributed by atoms with Crippen LogP contribution in [0.4, 0.5) is 0 Å². The molecule has 1 aromatic heterocycles. The Hall–Kier alpha value is -2.51. The molecule has 0 N–H and O–H groups in total. The normalized spacial score (nSPS) is 10.6. The highest BCUT2D eigenvalue weighted by molar-refractivity contribution is 7.05. The van der Waals surface area contributed by atoms with Crippen LogP contribution in [-0.4, -0.2) is 9.36 Å². The van der Waals surface area contributed by atoms with Crippen molar-refractivity contribution >= 4 is 11.5 Å². The summed E-state index contributed by atoms with van der Waals surface area (Å²) in [5.41, 5.74) is 7.02. The Labute approximate surface area is 146 Å². The summed E-state index contributed by atoms with van der Waals surface area (Å²) in [4.78, 5) is 4.69. The minimum atomic E-state index is 0.462. The number of rotatable bonds is 4. The van der Waals surface area contributed by atoms with Gasteiger partial charge in [0.25, 0.3) is 0 Å². The fourth-order valence-electron chi connectivity index (χ4n) is 2.71. The first-order valence-corrected chi connectivity index (χ1v) is 8.69. The van der Waals surface area contributed by atoms with E-state index in [2.05, 4.69) is 67.6 Å². The van der Waals surface area contributed by atoms with Crippen LogP contribution in [0.5, 0.6) is 0 Å². The SMILES string of the molecule is Cc1ccc(-c2nsc(Cc3cc(C)c(CC#N)cc3C)n2)cc1. The van der Waals surface area contributed by atoms with Crippen LogP contribution in [0.3, 0.4) is 0 Å². The van der Waals surface area contributed by atoms with Crippen molar-refractivity contribution in [1.82, 2.24) is 9.36 Å². The number of hydrogen-bond acceptors (Lipinski definition) is 4. The van der Waals surface area contributed by atoms with Gasteiger partial charge in [-0.1, -0.05) is 42.0 Å². The van der Waals surface area contributed by atoms with Crippen molar-refractivity contribution in [3.63, 3.8) is 0 Å². The van der Waals surface area contributed by atoms with Gasteiger partial charge in [0, 0.05) is 12.0 Å². The van der Waals surface area contributed by atoms with Crippen molar-refractivity contribution in [1.29, 1.82) is 5.26 Å². The second-order valence-electron chi connectivity index (χ2n) is 6.09. The quantitative estimate of drug-likeness (QED) is 0.690. The number of aryl methyl sites for hydroxylation is 3. The monoisotopic (exact) mass is 333 g/mol. The van der Waals surface area contributed by atoms with Crippen molar-refractivity contribution in [3.05, 3.63) is 69.2 Å². The Balaban J connectivity index is 1.84. The molecule has 0 aliphatic carbocycles. The molecule has 0 aliphatic heterocycles. The fourth-order valence-corrected chi connectivity index (χ4v) is 3.40. The van der Waals surface area contributed by atoms with Crippen molar-refractivity contribution < 1.29 is 0 Å². The Morgan fingerprint density at radius 3 is 2.38 bits per heavy atom. The van der Waals surface area contributed by atoms with Crippen molar-refractivity contribution in [2.24, 2.45) is 0 Å². The molecule has 0 bridgehead atoms. The van der Waals surface area contributed by atoms with Crippen molar-refractivity contribution in [2.45, 2.75) is 33.6 Å². The van der Waals surface area contributed by atoms with E-state index >= 15 is 0 Å². The maximum absolute atomic E-state index is 8.90. The van der Waals surface area contributed by atoms with Gasteiger partial charge >= 0.3 is 0 Å². The van der Waals surface area contributed by atoms with E-state index in [0.717, 1.165) is 28.4 Å². The molecule has 4 heteroatoms. The molecule has 0 spiro atoms. The Morgan fingerprint density at radius 1 is 1.00 bits per heavy atom. The summed E-state index contributed by atoms with van der Waals surface area (Å²) in [6.07, 6.45) is 1.24. The van der Waals surface area contributed by atoms with Gasteiger partial charge in [0.1, 0.15) is 5.01 Å². The predicted molar refractivity (Wildman–Crippen MR) is 98.1 cm³/mol. The lowest BCUT2D eigenvalue weighted by Crippen LogP contribution is -1.97. The number of aromatic nitrogens is 2. The van der Waals surface area contributed by atoms with E-state index in [4.69, 9.17) is 10.2 Å². The molecule has 24 heavy (non-hydrogen) atoms. The summed E-state index contributed by atoms with van der Waals surface area (Å²) in [5, 5.41) is 9.92. The molecule has 0 amide bonds. The molecule has 3 nitrogen and oxygen atoms in total. The molecule has 2 aromatic carbocycles. The summed E-state index contributed by atoms with van der Waals surface area (Å²) >= 11 is 1.46. The molecule has 0 saturated heterocycles. The van der Waals surface area contributed by atoms with Crippen LogP contribution in [0.15, 0.2) is 36.4 Å². The van der Waals surface area contributed by atoms with Gasteiger partial charge in [0.05, 0.1) is 12.5 Å². The fraction of sp³-hybridized carbons (Fsp3) is 0.250. The van der Waals surface area contributed by atoms with Gasteiger partial charge in [-0.15, -0.1) is 0 Å². The summed E-state index contributed by atoms with van der Waals surface area (Å²) in [5.74, 6) is 0.797. The Morgan fingerprint density at radius 2 is 1.67 bits per heavy atom. The lowest BCUT2D eigenvalue weighted by Gasteiger charge is -2.09. The third-order valence-electron chi connectivity index (χ3n) is 4.18. The molecule has 0 fully saturated rings. The molecule has 1 heterocycles. The maximum atomic E-state index is 8.90. The van der Waals surface area contributed by atoms with Crippen LogP contribution in [0.2, 0.25) is 0 Å². The average Bonchev–Trinajstić information content (AvgIpc) is 3.01. The highest BCUT2D eigenvalue weighted by Crippen LogP contribution is 2.23. The van der Waals surface area contributed by atoms with E-state index in [9.17, 15) is 0 Å². The van der Waals surface area contributed by atoms with E-state index in [-0.39, 0.29) is 0 Å². The molecular formula is C20H19N3S. The second kappa shape index (κ2) is 6.94. The van der Waals surface area contributed by atoms with Gasteiger partial charge < -0.3 is 0 Å². The van der Waals surface area contributed by atoms with Gasteiger partial charge in [0.15, 0.2) is 5.82 Å². The zero-order valence-corrected chi connectivity index (χ0v) is 14.9. The number of nitrogens with zero attached hydrogens (tertiary/aromatic N) is 3. The lowest BCUT2D eigenvalue weighted by atomic mass is 9.97. The summed E-state index contributed by atoms with van der Waals surface area (Å²) < 4.78 is 4.50. The smallest absolute Gasteiger partial charge is 0.173 e. The highest BCUT2D eigenvalue weighted by atomic mass is 32.1. The molecule has 0 saturated carbocycles. The minimum absolute atomic E-state index is 0.462. The van der Waals surface area contributed by atoms with Gasteiger partial charge in [-0.05, 0) is 54.6 Å². The van der Waals surface area contributed by atoms with Crippen LogP contribution in [-0.2, 0) is 12.8 Å². The molecule has 0 radical (unpaired) electrons. The summed E-state index contributed by atoms with van der Waals surface area (Å²) in [6, 6.07) is 14.8. The van der Waals surface area contributed by atoms with E-state index in [1.807, 2.05) is 0 Å². The molecule has 0 aliphatic rings. The first kappa shape index (κ1) is 16.4. The molecule has 0 atom stereocenters. The summed E-state index contributed by atoms with van der Waals surface area (Å²) in [7, 11) is 0. The largest absolute Gasteiger partial charge is 0.219 e. The zero-order chi connectivity index (χ0) is 17.1. The van der Waals surface area contributed by atoms with Gasteiger partial charge in [-0.25, -0.2) is 4.98 Å². The van der Waals surface area contributed by atoms with Crippen LogP contribution in [0.1, 0.15) is 32.8 Å². The predicted octanol–water partition coefficient (Wildman–Crippen LogP) is 4.79. The third-order valence-corrected chi connectivity index (χ3v) is 4.89. The Kier molecular flexibility index (Phi) is 4.73. The summed E-state index contributed by atoms with van der Waals surface area (Å²) in [6.45, 7) is 6.23. The van der Waals surface area contributed by atoms with Crippen molar-refractivity contribution in [2.75, 3.05) is 0 Å². The lowest BCUT2D eigenvalue weighted by molar-refractivity contribution is 1.09. The minimum Gasteiger partial charge on any atom is -0.219 e. The van der Waals surface area contributed by atoms with Gasteiger partial charge in [0.2, 0.25) is 0 Å². The zero-order valence-electron chi connectivity index (χ0n) is 14.1. The first-order valence-electron chi connectivity index (χ1n) is 7.92. The van der Waals surface area contributed by atoms with Crippen LogP contribution >= 0.6 is 11.5 Å². The van der Waals surface area contributed by atoms with E-state index in [1.54, 1.807) is 0 Å². The number of nitriles is 1. The van der Waals surface area contributed by atoms with E-state index in [0.29, 0.717) is 6.42 Å². The van der Waals surface area contributed by atoms with Crippen molar-refractivity contribution in [3.8, 4) is 17.5 Å². The van der Waals surface area contributed by atoms with Crippen LogP contribution in [0, 0.1) is 32.1 Å². The Bertz CT molecular complexity index is 902. The molecule has 120 valence electrons. The highest BCUT2D eigenvalue weighted by Gasteiger charge is 2.10. The third kappa shape index (κ3) is 3.52.